The quantitative estimate of drug-likeness (QED) is 0.902. The van der Waals surface area contributed by atoms with Gasteiger partial charge < -0.3 is 10.2 Å². The third-order valence-electron chi connectivity index (χ3n) is 4.38. The summed E-state index contributed by atoms with van der Waals surface area (Å²) in [6.07, 6.45) is 1.44. The summed E-state index contributed by atoms with van der Waals surface area (Å²) in [4.78, 5) is 30.3. The molecule has 0 spiro atoms. The maximum atomic E-state index is 12.5. The number of aryl methyl sites for hydroxylation is 2. The Balaban J connectivity index is 1.65. The van der Waals surface area contributed by atoms with Gasteiger partial charge in [-0.15, -0.1) is 0 Å². The van der Waals surface area contributed by atoms with Crippen molar-refractivity contribution in [3.8, 4) is 0 Å². The SMILES string of the molecule is Cc1nc(C)n([C@H](C)CNC(=O)c2cccc(N3CCCC3=O)c2)n1. The van der Waals surface area contributed by atoms with Gasteiger partial charge in [0.15, 0.2) is 0 Å². The Labute approximate surface area is 147 Å². The molecule has 0 unspecified atom stereocenters. The second-order valence-electron chi connectivity index (χ2n) is 6.41. The van der Waals surface area contributed by atoms with Gasteiger partial charge in [0.1, 0.15) is 11.6 Å². The highest BCUT2D eigenvalue weighted by Crippen LogP contribution is 2.22. The largest absolute Gasteiger partial charge is 0.350 e. The summed E-state index contributed by atoms with van der Waals surface area (Å²) in [6.45, 7) is 6.90. The second-order valence-corrected chi connectivity index (χ2v) is 6.41. The van der Waals surface area contributed by atoms with Crippen LogP contribution >= 0.6 is 0 Å². The molecule has 0 saturated carbocycles. The molecule has 3 rings (SSSR count). The van der Waals surface area contributed by atoms with Crippen molar-refractivity contribution in [3.05, 3.63) is 41.5 Å². The van der Waals surface area contributed by atoms with Gasteiger partial charge in [0.25, 0.3) is 5.91 Å². The zero-order chi connectivity index (χ0) is 18.0. The summed E-state index contributed by atoms with van der Waals surface area (Å²) in [5.74, 6) is 1.51. The number of hydrogen-bond donors (Lipinski definition) is 1. The highest BCUT2D eigenvalue weighted by Gasteiger charge is 2.22. The lowest BCUT2D eigenvalue weighted by Crippen LogP contribution is -2.30. The second kappa shape index (κ2) is 7.04. The number of aromatic nitrogens is 3. The van der Waals surface area contributed by atoms with Crippen molar-refractivity contribution in [3.63, 3.8) is 0 Å². The Kier molecular flexibility index (Phi) is 4.83. The van der Waals surface area contributed by atoms with Crippen LogP contribution in [-0.4, -0.2) is 39.7 Å². The molecule has 7 nitrogen and oxygen atoms in total. The fourth-order valence-corrected chi connectivity index (χ4v) is 3.12. The van der Waals surface area contributed by atoms with Gasteiger partial charge in [0.05, 0.1) is 6.04 Å². The van der Waals surface area contributed by atoms with Crippen LogP contribution in [0.4, 0.5) is 5.69 Å². The van der Waals surface area contributed by atoms with Crippen LogP contribution in [0, 0.1) is 13.8 Å². The van der Waals surface area contributed by atoms with Gasteiger partial charge >= 0.3 is 0 Å². The molecule has 132 valence electrons. The molecule has 2 amide bonds. The van der Waals surface area contributed by atoms with E-state index in [2.05, 4.69) is 15.4 Å². The topological polar surface area (TPSA) is 80.1 Å². The Morgan fingerprint density at radius 2 is 2.16 bits per heavy atom. The average molecular weight is 341 g/mol. The monoisotopic (exact) mass is 341 g/mol. The van der Waals surface area contributed by atoms with Crippen LogP contribution in [0.15, 0.2) is 24.3 Å². The molecule has 2 aromatic rings. The molecular formula is C18H23N5O2. The molecule has 1 N–H and O–H groups in total. The minimum Gasteiger partial charge on any atom is -0.350 e. The highest BCUT2D eigenvalue weighted by molar-refractivity contribution is 5.99. The van der Waals surface area contributed by atoms with E-state index >= 15 is 0 Å². The molecule has 0 bridgehead atoms. The number of rotatable bonds is 5. The fourth-order valence-electron chi connectivity index (χ4n) is 3.12. The third-order valence-corrected chi connectivity index (χ3v) is 4.38. The Hall–Kier alpha value is -2.70. The number of carbonyl (C=O) groups excluding carboxylic acids is 2. The van der Waals surface area contributed by atoms with E-state index in [0.717, 1.165) is 23.8 Å². The number of carbonyl (C=O) groups is 2. The fraction of sp³-hybridized carbons (Fsp3) is 0.444. The first-order valence-electron chi connectivity index (χ1n) is 8.54. The highest BCUT2D eigenvalue weighted by atomic mass is 16.2. The molecule has 1 aliphatic heterocycles. The lowest BCUT2D eigenvalue weighted by Gasteiger charge is -2.17. The van der Waals surface area contributed by atoms with E-state index < -0.39 is 0 Å². The summed E-state index contributed by atoms with van der Waals surface area (Å²) in [7, 11) is 0. The van der Waals surface area contributed by atoms with Crippen LogP contribution in [0.2, 0.25) is 0 Å². The maximum Gasteiger partial charge on any atom is 0.251 e. The van der Waals surface area contributed by atoms with Gasteiger partial charge in [0, 0.05) is 30.8 Å². The minimum absolute atomic E-state index is 0.00786. The van der Waals surface area contributed by atoms with Crippen LogP contribution < -0.4 is 10.2 Å². The van der Waals surface area contributed by atoms with Crippen LogP contribution in [0.3, 0.4) is 0 Å². The van der Waals surface area contributed by atoms with Gasteiger partial charge in [-0.3, -0.25) is 9.59 Å². The van der Waals surface area contributed by atoms with Crippen LogP contribution in [0.5, 0.6) is 0 Å². The zero-order valence-corrected chi connectivity index (χ0v) is 14.8. The molecule has 7 heteroatoms. The summed E-state index contributed by atoms with van der Waals surface area (Å²) in [5.41, 5.74) is 1.34. The number of benzene rings is 1. The molecule has 1 aromatic heterocycles. The van der Waals surface area contributed by atoms with Gasteiger partial charge in [-0.25, -0.2) is 9.67 Å². The standard InChI is InChI=1S/C18H23N5O2/c1-12(23-14(3)20-13(2)21-23)11-19-18(25)15-6-4-7-16(10-15)22-9-5-8-17(22)24/h4,6-7,10,12H,5,8-9,11H2,1-3H3,(H,19,25)/t12-/m1/s1. The molecular weight excluding hydrogens is 318 g/mol. The number of nitrogens with one attached hydrogen (secondary N) is 1. The Bertz CT molecular complexity index is 799. The molecule has 1 aliphatic rings. The molecule has 25 heavy (non-hydrogen) atoms. The van der Waals surface area contributed by atoms with Crippen LogP contribution in [0.25, 0.3) is 0 Å². The van der Waals surface area contributed by atoms with E-state index in [4.69, 9.17) is 0 Å². The van der Waals surface area contributed by atoms with Crippen molar-refractivity contribution < 1.29 is 9.59 Å². The van der Waals surface area contributed by atoms with E-state index in [1.165, 1.54) is 0 Å². The van der Waals surface area contributed by atoms with Crippen molar-refractivity contribution >= 4 is 17.5 Å². The third kappa shape index (κ3) is 3.70. The van der Waals surface area contributed by atoms with Crippen molar-refractivity contribution in [2.24, 2.45) is 0 Å². The average Bonchev–Trinajstić information content (AvgIpc) is 3.17. The number of nitrogens with zero attached hydrogens (tertiary/aromatic N) is 4. The first-order chi connectivity index (χ1) is 12.0. The first-order valence-corrected chi connectivity index (χ1v) is 8.54. The first kappa shape index (κ1) is 17.1. The maximum absolute atomic E-state index is 12.5. The van der Waals surface area contributed by atoms with E-state index in [0.29, 0.717) is 25.1 Å². The predicted octanol–water partition coefficient (Wildman–Crippen LogP) is 2.01. The predicted molar refractivity (Wildman–Crippen MR) is 94.6 cm³/mol. The van der Waals surface area contributed by atoms with Crippen molar-refractivity contribution in [1.82, 2.24) is 20.1 Å². The van der Waals surface area contributed by atoms with Gasteiger partial charge in [-0.1, -0.05) is 6.07 Å². The van der Waals surface area contributed by atoms with Gasteiger partial charge in [-0.2, -0.15) is 5.10 Å². The lowest BCUT2D eigenvalue weighted by molar-refractivity contribution is -0.117. The molecule has 1 saturated heterocycles. The van der Waals surface area contributed by atoms with Crippen molar-refractivity contribution in [2.45, 2.75) is 39.7 Å². The van der Waals surface area contributed by atoms with Gasteiger partial charge in [0.2, 0.25) is 5.91 Å². The molecule has 0 aliphatic carbocycles. The van der Waals surface area contributed by atoms with E-state index in [1.54, 1.807) is 17.0 Å². The van der Waals surface area contributed by atoms with Crippen molar-refractivity contribution in [1.29, 1.82) is 0 Å². The lowest BCUT2D eigenvalue weighted by atomic mass is 10.1. The van der Waals surface area contributed by atoms with E-state index in [9.17, 15) is 9.59 Å². The zero-order valence-electron chi connectivity index (χ0n) is 14.8. The smallest absolute Gasteiger partial charge is 0.251 e. The summed E-state index contributed by atoms with van der Waals surface area (Å²) in [6, 6.07) is 7.21. The van der Waals surface area contributed by atoms with E-state index in [-0.39, 0.29) is 17.9 Å². The van der Waals surface area contributed by atoms with Crippen molar-refractivity contribution in [2.75, 3.05) is 18.0 Å². The Morgan fingerprint density at radius 3 is 2.80 bits per heavy atom. The Morgan fingerprint density at radius 1 is 1.36 bits per heavy atom. The molecule has 1 atom stereocenters. The number of amides is 2. The molecule has 1 fully saturated rings. The molecule has 0 radical (unpaired) electrons. The summed E-state index contributed by atoms with van der Waals surface area (Å²) in [5, 5.41) is 7.28. The number of anilines is 1. The normalized spacial score (nSPS) is 15.5. The molecule has 1 aromatic carbocycles. The van der Waals surface area contributed by atoms with E-state index in [1.807, 2.05) is 37.6 Å². The van der Waals surface area contributed by atoms with Gasteiger partial charge in [-0.05, 0) is 45.4 Å². The van der Waals surface area contributed by atoms with Crippen LogP contribution in [0.1, 0.15) is 47.8 Å². The summed E-state index contributed by atoms with van der Waals surface area (Å²) >= 11 is 0. The molecule has 2 heterocycles. The summed E-state index contributed by atoms with van der Waals surface area (Å²) < 4.78 is 1.81. The van der Waals surface area contributed by atoms with Crippen LogP contribution in [-0.2, 0) is 4.79 Å². The minimum atomic E-state index is -0.158. The number of hydrogen-bond acceptors (Lipinski definition) is 4.